The van der Waals surface area contributed by atoms with E-state index in [1.165, 1.54) is 0 Å². The summed E-state index contributed by atoms with van der Waals surface area (Å²) in [5.74, 6) is -3.29. The van der Waals surface area contributed by atoms with Gasteiger partial charge in [-0.25, -0.2) is 18.2 Å². The van der Waals surface area contributed by atoms with Crippen LogP contribution in [0, 0.1) is 17.5 Å². The Morgan fingerprint density at radius 1 is 0.962 bits per heavy atom. The second-order valence-corrected chi connectivity index (χ2v) is 6.76. The van der Waals surface area contributed by atoms with Gasteiger partial charge in [-0.3, -0.25) is 0 Å². The van der Waals surface area contributed by atoms with Crippen LogP contribution in [0.25, 0.3) is 22.4 Å². The topological polar surface area (TPSA) is 32.6 Å². The van der Waals surface area contributed by atoms with Crippen LogP contribution in [0.2, 0.25) is 0 Å². The van der Waals surface area contributed by atoms with E-state index in [9.17, 15) is 13.2 Å². The van der Waals surface area contributed by atoms with Gasteiger partial charge in [0, 0.05) is 16.1 Å². The Kier molecular flexibility index (Phi) is 4.24. The number of hydrogen-bond donors (Lipinski definition) is 1. The summed E-state index contributed by atoms with van der Waals surface area (Å²) in [5.41, 5.74) is 1.73. The first-order chi connectivity index (χ1) is 12.5. The summed E-state index contributed by atoms with van der Waals surface area (Å²) in [6.07, 6.45) is 3.62. The number of aromatic nitrogens is 3. The quantitative estimate of drug-likeness (QED) is 0.378. The lowest BCUT2D eigenvalue weighted by atomic mass is 10.2. The lowest BCUT2D eigenvalue weighted by Crippen LogP contribution is -2.33. The van der Waals surface area contributed by atoms with E-state index in [1.54, 1.807) is 12.3 Å². The standard InChI is InChI=1S/C19H11BrF3N3/c20-12-3-1-11(2-4-12)9-26-8-7-15-16(10-26)25-19(24-15)17-13(21)5-6-14(22)18(17)23/h1-8,10H,9H2/p+1. The van der Waals surface area contributed by atoms with E-state index in [0.717, 1.165) is 22.2 Å². The summed E-state index contributed by atoms with van der Waals surface area (Å²) in [5, 5.41) is 0. The number of hydrogen-bond acceptors (Lipinski definition) is 1. The predicted octanol–water partition coefficient (Wildman–Crippen LogP) is 4.75. The number of fused-ring (bicyclic) bond motifs is 1. The Balaban J connectivity index is 1.72. The van der Waals surface area contributed by atoms with Crippen LogP contribution in [-0.4, -0.2) is 9.97 Å². The van der Waals surface area contributed by atoms with Gasteiger partial charge in [-0.05, 0) is 24.3 Å². The monoisotopic (exact) mass is 418 g/mol. The molecule has 0 aliphatic carbocycles. The SMILES string of the molecule is Fc1ccc(F)c(-c2nc3cc[n+](Cc4ccc(Br)cc4)cc3[nH]2)c1F. The van der Waals surface area contributed by atoms with Crippen LogP contribution < -0.4 is 4.57 Å². The van der Waals surface area contributed by atoms with E-state index >= 15 is 0 Å². The molecule has 0 fully saturated rings. The van der Waals surface area contributed by atoms with Crippen molar-refractivity contribution in [2.24, 2.45) is 0 Å². The van der Waals surface area contributed by atoms with E-state index < -0.39 is 23.0 Å². The summed E-state index contributed by atoms with van der Waals surface area (Å²) in [7, 11) is 0. The highest BCUT2D eigenvalue weighted by Gasteiger charge is 2.19. The van der Waals surface area contributed by atoms with Gasteiger partial charge in [0.1, 0.15) is 22.7 Å². The van der Waals surface area contributed by atoms with Gasteiger partial charge in [-0.1, -0.05) is 28.1 Å². The molecule has 0 unspecified atom stereocenters. The molecule has 4 aromatic rings. The van der Waals surface area contributed by atoms with Crippen LogP contribution in [0.3, 0.4) is 0 Å². The van der Waals surface area contributed by atoms with Gasteiger partial charge in [-0.2, -0.15) is 4.57 Å². The highest BCUT2D eigenvalue weighted by atomic mass is 79.9. The highest BCUT2D eigenvalue weighted by Crippen LogP contribution is 2.27. The molecule has 0 radical (unpaired) electrons. The number of H-pyrrole nitrogens is 1. The first kappa shape index (κ1) is 16.8. The predicted molar refractivity (Wildman–Crippen MR) is 94.8 cm³/mol. The molecule has 0 aliphatic rings. The van der Waals surface area contributed by atoms with Gasteiger partial charge in [0.15, 0.2) is 30.6 Å². The summed E-state index contributed by atoms with van der Waals surface area (Å²) in [6.45, 7) is 0.625. The van der Waals surface area contributed by atoms with Crippen molar-refractivity contribution in [3.63, 3.8) is 0 Å². The van der Waals surface area contributed by atoms with Crippen LogP contribution >= 0.6 is 15.9 Å². The van der Waals surface area contributed by atoms with Gasteiger partial charge < -0.3 is 4.98 Å². The fraction of sp³-hybridized carbons (Fsp3) is 0.0526. The Hall–Kier alpha value is -2.67. The second-order valence-electron chi connectivity index (χ2n) is 5.85. The van der Waals surface area contributed by atoms with Crippen LogP contribution in [-0.2, 0) is 6.54 Å². The molecule has 2 aromatic carbocycles. The van der Waals surface area contributed by atoms with Crippen molar-refractivity contribution in [3.05, 3.63) is 82.3 Å². The molecule has 0 spiro atoms. The molecule has 26 heavy (non-hydrogen) atoms. The van der Waals surface area contributed by atoms with E-state index in [0.29, 0.717) is 17.6 Å². The molecule has 0 saturated carbocycles. The van der Waals surface area contributed by atoms with Crippen molar-refractivity contribution in [2.45, 2.75) is 6.54 Å². The summed E-state index contributed by atoms with van der Waals surface area (Å²) in [6, 6.07) is 11.3. The molecule has 0 amide bonds. The zero-order valence-corrected chi connectivity index (χ0v) is 14.9. The van der Waals surface area contributed by atoms with Crippen molar-refractivity contribution in [1.82, 2.24) is 9.97 Å². The normalized spacial score (nSPS) is 11.2. The first-order valence-electron chi connectivity index (χ1n) is 7.78. The zero-order valence-electron chi connectivity index (χ0n) is 13.3. The molecular weight excluding hydrogens is 407 g/mol. The molecule has 0 bridgehead atoms. The maximum absolute atomic E-state index is 14.0. The van der Waals surface area contributed by atoms with Crippen molar-refractivity contribution in [3.8, 4) is 11.4 Å². The van der Waals surface area contributed by atoms with E-state index in [1.807, 2.05) is 35.0 Å². The number of nitrogens with zero attached hydrogens (tertiary/aromatic N) is 2. The average molecular weight is 419 g/mol. The van der Waals surface area contributed by atoms with Crippen molar-refractivity contribution in [1.29, 1.82) is 0 Å². The van der Waals surface area contributed by atoms with E-state index in [-0.39, 0.29) is 5.82 Å². The third-order valence-electron chi connectivity index (χ3n) is 4.04. The minimum Gasteiger partial charge on any atom is -0.333 e. The van der Waals surface area contributed by atoms with Gasteiger partial charge in [0.05, 0.1) is 5.56 Å². The number of benzene rings is 2. The van der Waals surface area contributed by atoms with E-state index in [2.05, 4.69) is 25.9 Å². The van der Waals surface area contributed by atoms with Gasteiger partial charge in [0.2, 0.25) is 0 Å². The zero-order chi connectivity index (χ0) is 18.3. The van der Waals surface area contributed by atoms with Gasteiger partial charge >= 0.3 is 0 Å². The van der Waals surface area contributed by atoms with Gasteiger partial charge in [0.25, 0.3) is 0 Å². The number of imidazole rings is 1. The average Bonchev–Trinajstić information content (AvgIpc) is 3.03. The summed E-state index contributed by atoms with van der Waals surface area (Å²) in [4.78, 5) is 7.05. The van der Waals surface area contributed by atoms with Crippen LogP contribution in [0.15, 0.2) is 59.3 Å². The molecule has 3 nitrogen and oxygen atoms in total. The van der Waals surface area contributed by atoms with Gasteiger partial charge in [-0.15, -0.1) is 0 Å². The highest BCUT2D eigenvalue weighted by molar-refractivity contribution is 9.10. The Bertz CT molecular complexity index is 1110. The Morgan fingerprint density at radius 3 is 2.46 bits per heavy atom. The summed E-state index contributed by atoms with van der Waals surface area (Å²) >= 11 is 3.40. The largest absolute Gasteiger partial charge is 0.333 e. The first-order valence-corrected chi connectivity index (χ1v) is 8.58. The maximum atomic E-state index is 14.0. The molecule has 1 N–H and O–H groups in total. The van der Waals surface area contributed by atoms with E-state index in [4.69, 9.17) is 0 Å². The second kappa shape index (κ2) is 6.57. The van der Waals surface area contributed by atoms with Crippen LogP contribution in [0.1, 0.15) is 5.56 Å². The number of nitrogens with one attached hydrogen (secondary N) is 1. The molecule has 0 saturated heterocycles. The Morgan fingerprint density at radius 2 is 1.69 bits per heavy atom. The number of rotatable bonds is 3. The molecule has 7 heteroatoms. The maximum Gasteiger partial charge on any atom is 0.195 e. The molecule has 2 heterocycles. The molecule has 0 atom stereocenters. The number of pyridine rings is 1. The fourth-order valence-corrected chi connectivity index (χ4v) is 3.03. The fourth-order valence-electron chi connectivity index (χ4n) is 2.76. The van der Waals surface area contributed by atoms with Crippen LogP contribution in [0.5, 0.6) is 0 Å². The lowest BCUT2D eigenvalue weighted by Gasteiger charge is -2.01. The third-order valence-corrected chi connectivity index (χ3v) is 4.57. The third kappa shape index (κ3) is 3.10. The number of halogens is 4. The van der Waals surface area contributed by atoms with Crippen molar-refractivity contribution < 1.29 is 17.7 Å². The molecule has 2 aromatic heterocycles. The number of aromatic amines is 1. The smallest absolute Gasteiger partial charge is 0.195 e. The molecule has 130 valence electrons. The lowest BCUT2D eigenvalue weighted by molar-refractivity contribution is -0.687. The summed E-state index contributed by atoms with van der Waals surface area (Å²) < 4.78 is 44.3. The Labute approximate surface area is 155 Å². The minimum atomic E-state index is -1.26. The van der Waals surface area contributed by atoms with Crippen molar-refractivity contribution in [2.75, 3.05) is 0 Å². The molecule has 0 aliphatic heterocycles. The van der Waals surface area contributed by atoms with Crippen molar-refractivity contribution >= 4 is 27.0 Å². The molecule has 4 rings (SSSR count). The minimum absolute atomic E-state index is 0.0455. The molecular formula is C19H12BrF3N3+. The van der Waals surface area contributed by atoms with Crippen LogP contribution in [0.4, 0.5) is 13.2 Å².